The van der Waals surface area contributed by atoms with Crippen molar-refractivity contribution in [2.45, 2.75) is 0 Å². The van der Waals surface area contributed by atoms with E-state index in [2.05, 4.69) is 193 Å². The van der Waals surface area contributed by atoms with Crippen molar-refractivity contribution in [1.82, 2.24) is 14.5 Å². The molecule has 0 bridgehead atoms. The van der Waals surface area contributed by atoms with Crippen molar-refractivity contribution >= 4 is 85.8 Å². The molecule has 0 radical (unpaired) electrons. The molecule has 0 saturated carbocycles. The minimum atomic E-state index is 0.714. The predicted octanol–water partition coefficient (Wildman–Crippen LogP) is 14.4. The molecule has 0 aliphatic heterocycles. The first kappa shape index (κ1) is 31.2. The van der Waals surface area contributed by atoms with Crippen molar-refractivity contribution in [2.75, 3.05) is 0 Å². The summed E-state index contributed by atoms with van der Waals surface area (Å²) < 4.78 is 4.72. The third-order valence-electron chi connectivity index (χ3n) is 11.3. The third kappa shape index (κ3) is 4.83. The van der Waals surface area contributed by atoms with Gasteiger partial charge in [0.2, 0.25) is 0 Å². The Morgan fingerprint density at radius 3 is 1.93 bits per heavy atom. The van der Waals surface area contributed by atoms with Gasteiger partial charge in [0, 0.05) is 37.7 Å². The highest BCUT2D eigenvalue weighted by molar-refractivity contribution is 7.26. The fourth-order valence-corrected chi connectivity index (χ4v) is 9.78. The van der Waals surface area contributed by atoms with Gasteiger partial charge in [0.15, 0.2) is 5.82 Å². The molecule has 0 saturated heterocycles. The van der Waals surface area contributed by atoms with Gasteiger partial charge in [-0.1, -0.05) is 140 Å². The molecular formula is C52H31N3S. The summed E-state index contributed by atoms with van der Waals surface area (Å²) in [5.41, 5.74) is 9.81. The van der Waals surface area contributed by atoms with Crippen LogP contribution in [0.25, 0.3) is 114 Å². The number of aromatic nitrogens is 3. The van der Waals surface area contributed by atoms with Gasteiger partial charge < -0.3 is 4.57 Å². The van der Waals surface area contributed by atoms with Crippen LogP contribution in [0.1, 0.15) is 0 Å². The van der Waals surface area contributed by atoms with E-state index in [0.717, 1.165) is 38.1 Å². The maximum atomic E-state index is 5.42. The van der Waals surface area contributed by atoms with Crippen LogP contribution in [0.15, 0.2) is 188 Å². The molecule has 3 aromatic heterocycles. The molecule has 4 heteroatoms. The summed E-state index contributed by atoms with van der Waals surface area (Å²) in [7, 11) is 0. The number of nitrogens with zero attached hydrogens (tertiary/aromatic N) is 3. The molecule has 3 nitrogen and oxygen atoms in total. The molecule has 260 valence electrons. The van der Waals surface area contributed by atoms with Crippen LogP contribution in [0.4, 0.5) is 0 Å². The lowest BCUT2D eigenvalue weighted by atomic mass is 10.00. The highest BCUT2D eigenvalue weighted by Crippen LogP contribution is 2.43. The summed E-state index contributed by atoms with van der Waals surface area (Å²) in [4.78, 5) is 10.8. The summed E-state index contributed by atoms with van der Waals surface area (Å²) in [5, 5.41) is 11.1. The Kier molecular flexibility index (Phi) is 6.80. The van der Waals surface area contributed by atoms with E-state index >= 15 is 0 Å². The van der Waals surface area contributed by atoms with E-state index in [0.29, 0.717) is 5.82 Å². The molecule has 12 rings (SSSR count). The normalized spacial score (nSPS) is 11.9. The lowest BCUT2D eigenvalue weighted by Gasteiger charge is -2.12. The number of hydrogen-bond donors (Lipinski definition) is 0. The predicted molar refractivity (Wildman–Crippen MR) is 238 cm³/mol. The van der Waals surface area contributed by atoms with Crippen molar-refractivity contribution < 1.29 is 0 Å². The molecule has 0 aliphatic carbocycles. The monoisotopic (exact) mass is 729 g/mol. The fourth-order valence-electron chi connectivity index (χ4n) is 8.65. The first-order valence-corrected chi connectivity index (χ1v) is 19.8. The standard InChI is InChI=1S/C52H31N3S/c1-2-13-34(14-3-1)49-51-50(44-30-39(24-26-47(44)56-51)38-22-21-32-11-4-5-15-35(32)27-38)54-52(53-49)40-18-10-19-41(28-40)55-45-25-23-33-12-8-9-20-42(33)48(45)43-29-36-16-6-7-17-37(36)31-46(43)55/h1-31H. The Labute approximate surface area is 326 Å². The van der Waals surface area contributed by atoms with Gasteiger partial charge in [-0.05, 0) is 92.0 Å². The minimum absolute atomic E-state index is 0.714. The average molecular weight is 730 g/mol. The van der Waals surface area contributed by atoms with Gasteiger partial charge >= 0.3 is 0 Å². The highest BCUT2D eigenvalue weighted by Gasteiger charge is 2.20. The third-order valence-corrected chi connectivity index (χ3v) is 12.5. The highest BCUT2D eigenvalue weighted by atomic mass is 32.1. The Morgan fingerprint density at radius 1 is 0.393 bits per heavy atom. The molecule has 0 N–H and O–H groups in total. The van der Waals surface area contributed by atoms with Crippen LogP contribution in [0.2, 0.25) is 0 Å². The number of benzene rings is 9. The zero-order valence-electron chi connectivity index (χ0n) is 30.1. The van der Waals surface area contributed by atoms with E-state index in [1.807, 2.05) is 0 Å². The van der Waals surface area contributed by atoms with Gasteiger partial charge in [0.25, 0.3) is 0 Å². The van der Waals surface area contributed by atoms with Crippen molar-refractivity contribution in [2.24, 2.45) is 0 Å². The summed E-state index contributed by atoms with van der Waals surface area (Å²) in [6.45, 7) is 0. The zero-order valence-corrected chi connectivity index (χ0v) is 31.0. The molecular weight excluding hydrogens is 699 g/mol. The summed E-state index contributed by atoms with van der Waals surface area (Å²) >= 11 is 1.77. The van der Waals surface area contributed by atoms with E-state index in [1.165, 1.54) is 70.0 Å². The average Bonchev–Trinajstić information content (AvgIpc) is 3.80. The van der Waals surface area contributed by atoms with Crippen LogP contribution < -0.4 is 0 Å². The van der Waals surface area contributed by atoms with Crippen LogP contribution in [-0.2, 0) is 0 Å². The Morgan fingerprint density at radius 2 is 1.07 bits per heavy atom. The van der Waals surface area contributed by atoms with E-state index in [4.69, 9.17) is 9.97 Å². The number of rotatable bonds is 4. The second-order valence-corrected chi connectivity index (χ2v) is 15.6. The fraction of sp³-hybridized carbons (Fsp3) is 0. The topological polar surface area (TPSA) is 30.7 Å². The summed E-state index contributed by atoms with van der Waals surface area (Å²) in [5.74, 6) is 0.714. The van der Waals surface area contributed by atoms with E-state index in [-0.39, 0.29) is 0 Å². The molecule has 56 heavy (non-hydrogen) atoms. The molecule has 0 atom stereocenters. The SMILES string of the molecule is c1ccc(-c2nc(-c3cccc(-n4c5cc6ccccc6cc5c5c6ccccc6ccc54)c3)nc3c2sc2ccc(-c4ccc5ccccc5c4)cc23)cc1. The number of hydrogen-bond acceptors (Lipinski definition) is 3. The van der Waals surface area contributed by atoms with Crippen molar-refractivity contribution in [1.29, 1.82) is 0 Å². The van der Waals surface area contributed by atoms with Crippen LogP contribution in [0.5, 0.6) is 0 Å². The van der Waals surface area contributed by atoms with Gasteiger partial charge in [0.1, 0.15) is 0 Å². The Hall–Kier alpha value is -7.14. The largest absolute Gasteiger partial charge is 0.309 e. The van der Waals surface area contributed by atoms with E-state index < -0.39 is 0 Å². The molecule has 0 fully saturated rings. The van der Waals surface area contributed by atoms with Crippen molar-refractivity contribution in [3.63, 3.8) is 0 Å². The van der Waals surface area contributed by atoms with Crippen LogP contribution in [-0.4, -0.2) is 14.5 Å². The van der Waals surface area contributed by atoms with Crippen LogP contribution >= 0.6 is 11.3 Å². The second kappa shape index (κ2) is 12.2. The summed E-state index contributed by atoms with van der Waals surface area (Å²) in [6, 6.07) is 67.9. The Balaban J connectivity index is 1.09. The van der Waals surface area contributed by atoms with Gasteiger partial charge in [-0.2, -0.15) is 0 Å². The van der Waals surface area contributed by atoms with E-state index in [1.54, 1.807) is 11.3 Å². The number of thiophene rings is 1. The van der Waals surface area contributed by atoms with Crippen molar-refractivity contribution in [3.05, 3.63) is 188 Å². The first-order valence-electron chi connectivity index (χ1n) is 19.0. The molecule has 0 spiro atoms. The Bertz CT molecular complexity index is 3540. The van der Waals surface area contributed by atoms with Gasteiger partial charge in [-0.25, -0.2) is 9.97 Å². The molecule has 0 aliphatic rings. The second-order valence-electron chi connectivity index (χ2n) is 14.6. The maximum Gasteiger partial charge on any atom is 0.160 e. The van der Waals surface area contributed by atoms with Crippen molar-refractivity contribution in [3.8, 4) is 39.5 Å². The zero-order chi connectivity index (χ0) is 36.7. The lowest BCUT2D eigenvalue weighted by molar-refractivity contribution is 1.17. The lowest BCUT2D eigenvalue weighted by Crippen LogP contribution is -1.97. The first-order chi connectivity index (χ1) is 27.7. The van der Waals surface area contributed by atoms with Gasteiger partial charge in [-0.15, -0.1) is 11.3 Å². The molecule has 0 unspecified atom stereocenters. The maximum absolute atomic E-state index is 5.42. The molecule has 12 aromatic rings. The van der Waals surface area contributed by atoms with Crippen LogP contribution in [0, 0.1) is 0 Å². The van der Waals surface area contributed by atoms with Gasteiger partial charge in [-0.3, -0.25) is 0 Å². The quantitative estimate of drug-likeness (QED) is 0.181. The van der Waals surface area contributed by atoms with Gasteiger partial charge in [0.05, 0.1) is 26.9 Å². The molecule has 0 amide bonds. The minimum Gasteiger partial charge on any atom is -0.309 e. The van der Waals surface area contributed by atoms with E-state index in [9.17, 15) is 0 Å². The molecule has 3 heterocycles. The summed E-state index contributed by atoms with van der Waals surface area (Å²) in [6.07, 6.45) is 0. The smallest absolute Gasteiger partial charge is 0.160 e. The number of fused-ring (bicyclic) bond motifs is 10. The molecule has 9 aromatic carbocycles. The van der Waals surface area contributed by atoms with Crippen LogP contribution in [0.3, 0.4) is 0 Å².